The molecule has 0 heterocycles. The van der Waals surface area contributed by atoms with Crippen molar-refractivity contribution in [2.75, 3.05) is 0 Å². The van der Waals surface area contributed by atoms with Crippen LogP contribution in [0.1, 0.15) is 38.9 Å². The molecule has 0 spiro atoms. The van der Waals surface area contributed by atoms with Crippen LogP contribution >= 0.6 is 0 Å². The number of allylic oxidation sites excluding steroid dienone is 2. The molecule has 4 aromatic rings. The van der Waals surface area contributed by atoms with Gasteiger partial charge in [0.1, 0.15) is 0 Å². The number of benzene rings is 4. The number of rotatable bonds is 6. The average molecular weight is 399 g/mol. The molecule has 150 valence electrons. The molecule has 0 unspecified atom stereocenters. The lowest BCUT2D eigenvalue weighted by molar-refractivity contribution is 1.19. The Morgan fingerprint density at radius 1 is 0.677 bits per heavy atom. The Morgan fingerprint density at radius 3 is 2.06 bits per heavy atom. The minimum absolute atomic E-state index is 0.875. The van der Waals surface area contributed by atoms with E-state index >= 15 is 0 Å². The molecule has 5 rings (SSSR count). The van der Waals surface area contributed by atoms with Crippen molar-refractivity contribution >= 4 is 17.2 Å². The highest BCUT2D eigenvalue weighted by atomic mass is 14.2. The number of hydrogen-bond donors (Lipinski definition) is 0. The molecule has 0 aromatic heterocycles. The second-order valence-corrected chi connectivity index (χ2v) is 8.39. The van der Waals surface area contributed by atoms with E-state index in [0.717, 1.165) is 24.8 Å². The van der Waals surface area contributed by atoms with Crippen LogP contribution in [0.3, 0.4) is 0 Å². The molecule has 0 saturated carbocycles. The van der Waals surface area contributed by atoms with Gasteiger partial charge in [0.05, 0.1) is 0 Å². The highest BCUT2D eigenvalue weighted by Gasteiger charge is 2.14. The van der Waals surface area contributed by atoms with E-state index in [1.54, 1.807) is 0 Å². The molecule has 0 heteroatoms. The summed E-state index contributed by atoms with van der Waals surface area (Å²) in [7, 11) is 0. The molecule has 0 fully saturated rings. The standard InChI is InChI=1S/C31H26/c1-23(27-15-12-25(13-16-27)19-24-8-4-2-5-9-24)18-26-14-17-29-21-31(22-30(29)20-26)28-10-6-3-7-11-28/h2-17,20,22H,1,18-19,21H2. The van der Waals surface area contributed by atoms with Crippen LogP contribution in [-0.2, 0) is 19.3 Å². The van der Waals surface area contributed by atoms with Gasteiger partial charge in [0.2, 0.25) is 0 Å². The summed E-state index contributed by atoms with van der Waals surface area (Å²) >= 11 is 0. The Bertz CT molecular complexity index is 1230. The molecule has 0 N–H and O–H groups in total. The summed E-state index contributed by atoms with van der Waals surface area (Å²) in [5.41, 5.74) is 11.9. The fourth-order valence-corrected chi connectivity index (χ4v) is 4.37. The third kappa shape index (κ3) is 4.44. The Labute approximate surface area is 185 Å². The number of fused-ring (bicyclic) bond motifs is 1. The van der Waals surface area contributed by atoms with E-state index in [9.17, 15) is 0 Å². The van der Waals surface area contributed by atoms with E-state index in [1.165, 1.54) is 44.5 Å². The molecule has 1 aliphatic rings. The monoisotopic (exact) mass is 398 g/mol. The van der Waals surface area contributed by atoms with Gasteiger partial charge in [-0.1, -0.05) is 116 Å². The molecule has 0 bridgehead atoms. The van der Waals surface area contributed by atoms with Gasteiger partial charge in [0.15, 0.2) is 0 Å². The Balaban J connectivity index is 1.28. The van der Waals surface area contributed by atoms with Crippen LogP contribution in [-0.4, -0.2) is 0 Å². The van der Waals surface area contributed by atoms with Gasteiger partial charge in [-0.3, -0.25) is 0 Å². The quantitative estimate of drug-likeness (QED) is 0.313. The zero-order chi connectivity index (χ0) is 21.0. The predicted octanol–water partition coefficient (Wildman–Crippen LogP) is 7.63. The molecule has 0 radical (unpaired) electrons. The fraction of sp³-hybridized carbons (Fsp3) is 0.0968. The van der Waals surface area contributed by atoms with Crippen molar-refractivity contribution in [3.63, 3.8) is 0 Å². The molecular weight excluding hydrogens is 372 g/mol. The van der Waals surface area contributed by atoms with Crippen LogP contribution in [0.15, 0.2) is 110 Å². The first-order valence-corrected chi connectivity index (χ1v) is 10.9. The molecule has 4 aromatic carbocycles. The van der Waals surface area contributed by atoms with Crippen molar-refractivity contribution in [3.05, 3.63) is 149 Å². The van der Waals surface area contributed by atoms with Gasteiger partial charge in [-0.2, -0.15) is 0 Å². The molecule has 0 nitrogen and oxygen atoms in total. The summed E-state index contributed by atoms with van der Waals surface area (Å²) in [5, 5.41) is 0. The van der Waals surface area contributed by atoms with E-state index in [4.69, 9.17) is 0 Å². The van der Waals surface area contributed by atoms with Gasteiger partial charge < -0.3 is 0 Å². The average Bonchev–Trinajstić information content (AvgIpc) is 3.24. The maximum Gasteiger partial charge on any atom is -0.00137 e. The lowest BCUT2D eigenvalue weighted by Crippen LogP contribution is -1.93. The van der Waals surface area contributed by atoms with E-state index in [1.807, 2.05) is 0 Å². The van der Waals surface area contributed by atoms with Gasteiger partial charge in [0, 0.05) is 0 Å². The summed E-state index contributed by atoms with van der Waals surface area (Å²) in [6, 6.07) is 37.1. The second-order valence-electron chi connectivity index (χ2n) is 8.39. The zero-order valence-electron chi connectivity index (χ0n) is 17.7. The third-order valence-corrected chi connectivity index (χ3v) is 6.10. The summed E-state index contributed by atoms with van der Waals surface area (Å²) in [6.45, 7) is 4.37. The highest BCUT2D eigenvalue weighted by molar-refractivity contribution is 5.88. The zero-order valence-corrected chi connectivity index (χ0v) is 17.7. The molecule has 0 saturated heterocycles. The summed E-state index contributed by atoms with van der Waals surface area (Å²) < 4.78 is 0. The van der Waals surface area contributed by atoms with Gasteiger partial charge >= 0.3 is 0 Å². The molecular formula is C31H26. The second kappa shape index (κ2) is 8.62. The molecule has 0 amide bonds. The lowest BCUT2D eigenvalue weighted by Gasteiger charge is -2.09. The van der Waals surface area contributed by atoms with Crippen molar-refractivity contribution in [1.29, 1.82) is 0 Å². The Morgan fingerprint density at radius 2 is 1.32 bits per heavy atom. The van der Waals surface area contributed by atoms with Crippen molar-refractivity contribution < 1.29 is 0 Å². The van der Waals surface area contributed by atoms with Crippen LogP contribution in [0.4, 0.5) is 0 Å². The SMILES string of the molecule is C=C(Cc1ccc2c(c1)C=C(c1ccccc1)C2)c1ccc(Cc2ccccc2)cc1. The van der Waals surface area contributed by atoms with Crippen LogP contribution in [0.2, 0.25) is 0 Å². The van der Waals surface area contributed by atoms with E-state index in [2.05, 4.69) is 116 Å². The topological polar surface area (TPSA) is 0 Å². The molecule has 31 heavy (non-hydrogen) atoms. The Hall–Kier alpha value is -3.64. The van der Waals surface area contributed by atoms with Gasteiger partial charge in [-0.15, -0.1) is 0 Å². The normalized spacial score (nSPS) is 12.3. The van der Waals surface area contributed by atoms with Crippen molar-refractivity contribution in [1.82, 2.24) is 0 Å². The highest BCUT2D eigenvalue weighted by Crippen LogP contribution is 2.32. The summed E-state index contributed by atoms with van der Waals surface area (Å²) in [6.07, 6.45) is 5.20. The van der Waals surface area contributed by atoms with Gasteiger partial charge in [-0.05, 0) is 69.4 Å². The first kappa shape index (κ1) is 19.3. The van der Waals surface area contributed by atoms with Gasteiger partial charge in [-0.25, -0.2) is 0 Å². The van der Waals surface area contributed by atoms with E-state index < -0.39 is 0 Å². The van der Waals surface area contributed by atoms with Crippen LogP contribution in [0, 0.1) is 0 Å². The minimum atomic E-state index is 0.875. The van der Waals surface area contributed by atoms with Gasteiger partial charge in [0.25, 0.3) is 0 Å². The van der Waals surface area contributed by atoms with Crippen LogP contribution in [0.5, 0.6) is 0 Å². The lowest BCUT2D eigenvalue weighted by atomic mass is 9.95. The Kier molecular flexibility index (Phi) is 5.37. The van der Waals surface area contributed by atoms with Crippen LogP contribution < -0.4 is 0 Å². The summed E-state index contributed by atoms with van der Waals surface area (Å²) in [4.78, 5) is 0. The predicted molar refractivity (Wildman–Crippen MR) is 133 cm³/mol. The number of hydrogen-bond acceptors (Lipinski definition) is 0. The summed E-state index contributed by atoms with van der Waals surface area (Å²) in [5.74, 6) is 0. The van der Waals surface area contributed by atoms with Crippen LogP contribution in [0.25, 0.3) is 17.2 Å². The maximum absolute atomic E-state index is 4.37. The van der Waals surface area contributed by atoms with E-state index in [-0.39, 0.29) is 0 Å². The smallest absolute Gasteiger partial charge is 0.00137 e. The van der Waals surface area contributed by atoms with E-state index in [0.29, 0.717) is 0 Å². The third-order valence-electron chi connectivity index (χ3n) is 6.10. The molecule has 0 atom stereocenters. The van der Waals surface area contributed by atoms with Crippen molar-refractivity contribution in [2.24, 2.45) is 0 Å². The fourth-order valence-electron chi connectivity index (χ4n) is 4.37. The van der Waals surface area contributed by atoms with Crippen molar-refractivity contribution in [2.45, 2.75) is 19.3 Å². The minimum Gasteiger partial charge on any atom is -0.0949 e. The largest absolute Gasteiger partial charge is 0.0949 e. The molecule has 1 aliphatic carbocycles. The van der Waals surface area contributed by atoms with Crippen molar-refractivity contribution in [3.8, 4) is 0 Å². The first-order chi connectivity index (χ1) is 15.2. The molecule has 0 aliphatic heterocycles. The maximum atomic E-state index is 4.37. The first-order valence-electron chi connectivity index (χ1n) is 10.9.